The van der Waals surface area contributed by atoms with E-state index in [-0.39, 0.29) is 23.4 Å². The van der Waals surface area contributed by atoms with Crippen LogP contribution in [0.1, 0.15) is 35.2 Å². The van der Waals surface area contributed by atoms with Crippen LogP contribution in [0.25, 0.3) is 0 Å². The van der Waals surface area contributed by atoms with Gasteiger partial charge in [-0.3, -0.25) is 4.79 Å². The smallest absolute Gasteiger partial charge is 0.341 e. The quantitative estimate of drug-likeness (QED) is 0.789. The molecule has 3 rings (SSSR count). The second-order valence-electron chi connectivity index (χ2n) is 6.57. The lowest BCUT2D eigenvalue weighted by atomic mass is 9.98. The molecule has 6 nitrogen and oxygen atoms in total. The van der Waals surface area contributed by atoms with Crippen LogP contribution in [-0.2, 0) is 4.79 Å². The number of benzene rings is 2. The van der Waals surface area contributed by atoms with Crippen LogP contribution in [0.4, 0.5) is 4.39 Å². The highest BCUT2D eigenvalue weighted by Crippen LogP contribution is 2.32. The average molecular weight is 387 g/mol. The van der Waals surface area contributed by atoms with Gasteiger partial charge in [-0.2, -0.15) is 0 Å². The molecule has 0 bridgehead atoms. The molecule has 0 spiro atoms. The Hall–Kier alpha value is -3.09. The number of aliphatic carboxylic acids is 1. The fourth-order valence-corrected chi connectivity index (χ4v) is 3.30. The summed E-state index contributed by atoms with van der Waals surface area (Å²) in [6.45, 7) is 2.84. The third-order valence-electron chi connectivity index (χ3n) is 4.66. The summed E-state index contributed by atoms with van der Waals surface area (Å²) >= 11 is 0. The number of carbonyl (C=O) groups excluding carboxylic acids is 1. The largest absolute Gasteiger partial charge is 0.490 e. The molecule has 1 aliphatic rings. The topological polar surface area (TPSA) is 76.1 Å². The maximum atomic E-state index is 13.1. The van der Waals surface area contributed by atoms with Crippen molar-refractivity contribution in [3.8, 4) is 11.5 Å². The molecule has 1 atom stereocenters. The van der Waals surface area contributed by atoms with Crippen molar-refractivity contribution in [1.82, 2.24) is 4.90 Å². The highest BCUT2D eigenvalue weighted by molar-refractivity contribution is 5.95. The standard InChI is InChI=1S/C21H22FNO5/c1-2-27-19-11-15(5-8-18(19)28-13-20(24)25)21(26)23-10-9-16(12-23)14-3-6-17(22)7-4-14/h3-8,11,16H,2,9-10,12-13H2,1H3,(H,24,25)/t16-/m1/s1. The SMILES string of the molecule is CCOc1cc(C(=O)N2CC[C@@H](c3ccc(F)cc3)C2)ccc1OCC(=O)O. The first-order valence-corrected chi connectivity index (χ1v) is 9.14. The zero-order chi connectivity index (χ0) is 20.1. The summed E-state index contributed by atoms with van der Waals surface area (Å²) < 4.78 is 23.8. The minimum Gasteiger partial charge on any atom is -0.490 e. The van der Waals surface area contributed by atoms with E-state index < -0.39 is 12.6 Å². The van der Waals surface area contributed by atoms with Gasteiger partial charge in [-0.1, -0.05) is 12.1 Å². The third kappa shape index (κ3) is 4.60. The number of likely N-dealkylation sites (tertiary alicyclic amines) is 1. The first kappa shape index (κ1) is 19.7. The number of hydrogen-bond acceptors (Lipinski definition) is 4. The number of ether oxygens (including phenoxy) is 2. The Morgan fingerprint density at radius 1 is 1.14 bits per heavy atom. The molecule has 0 unspecified atom stereocenters. The maximum Gasteiger partial charge on any atom is 0.341 e. The molecule has 0 aromatic heterocycles. The van der Waals surface area contributed by atoms with Gasteiger partial charge in [-0.15, -0.1) is 0 Å². The van der Waals surface area contributed by atoms with Crippen molar-refractivity contribution in [1.29, 1.82) is 0 Å². The fourth-order valence-electron chi connectivity index (χ4n) is 3.30. The van der Waals surface area contributed by atoms with Crippen molar-refractivity contribution >= 4 is 11.9 Å². The minimum absolute atomic E-state index is 0.129. The van der Waals surface area contributed by atoms with E-state index in [0.717, 1.165) is 12.0 Å². The zero-order valence-electron chi connectivity index (χ0n) is 15.6. The van der Waals surface area contributed by atoms with Gasteiger partial charge in [0.1, 0.15) is 5.82 Å². The molecule has 1 N–H and O–H groups in total. The molecule has 7 heteroatoms. The molecule has 2 aromatic rings. The van der Waals surface area contributed by atoms with Crippen molar-refractivity contribution in [3.05, 3.63) is 59.4 Å². The first-order chi connectivity index (χ1) is 13.5. The highest BCUT2D eigenvalue weighted by atomic mass is 19.1. The molecular formula is C21H22FNO5. The lowest BCUT2D eigenvalue weighted by Crippen LogP contribution is -2.28. The van der Waals surface area contributed by atoms with Crippen LogP contribution in [0.3, 0.4) is 0 Å². The van der Waals surface area contributed by atoms with E-state index in [1.807, 2.05) is 0 Å². The molecule has 1 saturated heterocycles. The Kier molecular flexibility index (Phi) is 6.13. The van der Waals surface area contributed by atoms with E-state index in [2.05, 4.69) is 0 Å². The van der Waals surface area contributed by atoms with Crippen molar-refractivity contribution in [2.45, 2.75) is 19.3 Å². The van der Waals surface area contributed by atoms with Gasteiger partial charge in [-0.25, -0.2) is 9.18 Å². The molecule has 1 aliphatic heterocycles. The number of rotatable bonds is 7. The number of nitrogens with zero attached hydrogens (tertiary/aromatic N) is 1. The Morgan fingerprint density at radius 2 is 1.89 bits per heavy atom. The maximum absolute atomic E-state index is 13.1. The summed E-state index contributed by atoms with van der Waals surface area (Å²) in [5, 5.41) is 8.77. The van der Waals surface area contributed by atoms with E-state index in [1.165, 1.54) is 12.1 Å². The van der Waals surface area contributed by atoms with Crippen LogP contribution in [0, 0.1) is 5.82 Å². The predicted octanol–water partition coefficient (Wildman–Crippen LogP) is 3.32. The minimum atomic E-state index is -1.09. The van der Waals surface area contributed by atoms with Crippen LogP contribution in [0.5, 0.6) is 11.5 Å². The van der Waals surface area contributed by atoms with Crippen LogP contribution < -0.4 is 9.47 Å². The van der Waals surface area contributed by atoms with E-state index in [9.17, 15) is 14.0 Å². The fraction of sp³-hybridized carbons (Fsp3) is 0.333. The molecule has 2 aromatic carbocycles. The third-order valence-corrected chi connectivity index (χ3v) is 4.66. The van der Waals surface area contributed by atoms with Crippen molar-refractivity contribution < 1.29 is 28.6 Å². The average Bonchev–Trinajstić information content (AvgIpc) is 3.17. The number of hydrogen-bond donors (Lipinski definition) is 1. The Bertz CT molecular complexity index is 852. The zero-order valence-corrected chi connectivity index (χ0v) is 15.6. The van der Waals surface area contributed by atoms with E-state index >= 15 is 0 Å². The Morgan fingerprint density at radius 3 is 2.57 bits per heavy atom. The van der Waals surface area contributed by atoms with Crippen LogP contribution in [0.2, 0.25) is 0 Å². The summed E-state index contributed by atoms with van der Waals surface area (Å²) in [4.78, 5) is 25.4. The number of carboxylic acid groups (broad SMARTS) is 1. The molecule has 1 amide bonds. The number of carbonyl (C=O) groups is 2. The molecular weight excluding hydrogens is 365 g/mol. The van der Waals surface area contributed by atoms with Crippen LogP contribution in [-0.4, -0.2) is 48.2 Å². The summed E-state index contributed by atoms with van der Waals surface area (Å²) in [5.41, 5.74) is 1.47. The molecule has 148 valence electrons. The predicted molar refractivity (Wildman–Crippen MR) is 100 cm³/mol. The van der Waals surface area contributed by atoms with Gasteiger partial charge >= 0.3 is 5.97 Å². The normalized spacial score (nSPS) is 16.1. The molecule has 0 radical (unpaired) electrons. The highest BCUT2D eigenvalue weighted by Gasteiger charge is 2.28. The molecule has 0 saturated carbocycles. The summed E-state index contributed by atoms with van der Waals surface area (Å²) in [5.74, 6) is -0.699. The van der Waals surface area contributed by atoms with E-state index in [1.54, 1.807) is 42.2 Å². The Labute approximate surface area is 162 Å². The number of halogens is 1. The second kappa shape index (κ2) is 8.73. The van der Waals surface area contributed by atoms with E-state index in [0.29, 0.717) is 31.0 Å². The van der Waals surface area contributed by atoms with Gasteiger partial charge in [0, 0.05) is 24.6 Å². The second-order valence-corrected chi connectivity index (χ2v) is 6.57. The lowest BCUT2D eigenvalue weighted by molar-refractivity contribution is -0.139. The van der Waals surface area contributed by atoms with Gasteiger partial charge < -0.3 is 19.5 Å². The van der Waals surface area contributed by atoms with Crippen LogP contribution >= 0.6 is 0 Å². The molecule has 1 heterocycles. The summed E-state index contributed by atoms with van der Waals surface area (Å²) in [6.07, 6.45) is 0.815. The van der Waals surface area contributed by atoms with Gasteiger partial charge in [0.15, 0.2) is 18.1 Å². The monoisotopic (exact) mass is 387 g/mol. The number of amides is 1. The molecule has 28 heavy (non-hydrogen) atoms. The first-order valence-electron chi connectivity index (χ1n) is 9.14. The van der Waals surface area contributed by atoms with Crippen molar-refractivity contribution in [2.24, 2.45) is 0 Å². The van der Waals surface area contributed by atoms with Gasteiger partial charge in [0.05, 0.1) is 6.61 Å². The van der Waals surface area contributed by atoms with Crippen LogP contribution in [0.15, 0.2) is 42.5 Å². The van der Waals surface area contributed by atoms with Crippen molar-refractivity contribution in [3.63, 3.8) is 0 Å². The van der Waals surface area contributed by atoms with Crippen molar-refractivity contribution in [2.75, 3.05) is 26.3 Å². The summed E-state index contributed by atoms with van der Waals surface area (Å²) in [6, 6.07) is 11.1. The lowest BCUT2D eigenvalue weighted by Gasteiger charge is -2.18. The van der Waals surface area contributed by atoms with Gasteiger partial charge in [-0.05, 0) is 49.2 Å². The Balaban J connectivity index is 1.72. The van der Waals surface area contributed by atoms with E-state index in [4.69, 9.17) is 14.6 Å². The molecule has 0 aliphatic carbocycles. The van der Waals surface area contributed by atoms with Gasteiger partial charge in [0.2, 0.25) is 0 Å². The van der Waals surface area contributed by atoms with Gasteiger partial charge in [0.25, 0.3) is 5.91 Å². The summed E-state index contributed by atoms with van der Waals surface area (Å²) in [7, 11) is 0. The molecule has 1 fully saturated rings. The number of carboxylic acids is 1.